The average molecular weight is 314 g/mol. The van der Waals surface area contributed by atoms with Crippen LogP contribution in [0.5, 0.6) is 0 Å². The van der Waals surface area contributed by atoms with Gasteiger partial charge in [-0.1, -0.05) is 28.8 Å². The maximum atomic E-state index is 12.1. The number of carbonyl (C=O) groups excluding carboxylic acids is 1. The maximum Gasteiger partial charge on any atom is 0.223 e. The van der Waals surface area contributed by atoms with Crippen molar-refractivity contribution in [1.29, 1.82) is 0 Å². The van der Waals surface area contributed by atoms with Gasteiger partial charge in [0.15, 0.2) is 0 Å². The van der Waals surface area contributed by atoms with E-state index in [9.17, 15) is 4.79 Å². The van der Waals surface area contributed by atoms with Crippen LogP contribution in [0, 0.1) is 0 Å². The lowest BCUT2D eigenvalue weighted by atomic mass is 9.94. The van der Waals surface area contributed by atoms with E-state index in [4.69, 9.17) is 4.42 Å². The van der Waals surface area contributed by atoms with Gasteiger partial charge in [0.1, 0.15) is 5.76 Å². The Morgan fingerprint density at radius 2 is 2.28 bits per heavy atom. The number of nitrogens with zero attached hydrogens (tertiary/aromatic N) is 1. The van der Waals surface area contributed by atoms with Gasteiger partial charge in [0.2, 0.25) is 5.91 Å². The SMILES string of the molecule is CN(C(=O)CCc1ccco1)C1CCCCC1Br. The fourth-order valence-corrected chi connectivity index (χ4v) is 3.49. The first-order chi connectivity index (χ1) is 8.68. The standard InChI is InChI=1S/C14H20BrNO2/c1-16(13-7-3-2-6-12(13)15)14(17)9-8-11-5-4-10-18-11/h4-5,10,12-13H,2-3,6-9H2,1H3. The molecule has 1 heterocycles. The van der Waals surface area contributed by atoms with E-state index in [-0.39, 0.29) is 5.91 Å². The van der Waals surface area contributed by atoms with Crippen LogP contribution in [0.15, 0.2) is 22.8 Å². The second-order valence-corrected chi connectivity index (χ2v) is 6.13. The summed E-state index contributed by atoms with van der Waals surface area (Å²) in [6, 6.07) is 4.13. The molecule has 1 aliphatic rings. The van der Waals surface area contributed by atoms with Gasteiger partial charge in [-0.2, -0.15) is 0 Å². The highest BCUT2D eigenvalue weighted by Crippen LogP contribution is 2.28. The largest absolute Gasteiger partial charge is 0.469 e. The molecule has 2 unspecified atom stereocenters. The Morgan fingerprint density at radius 3 is 2.94 bits per heavy atom. The van der Waals surface area contributed by atoms with Gasteiger partial charge in [-0.05, 0) is 25.0 Å². The number of hydrogen-bond acceptors (Lipinski definition) is 2. The molecule has 0 aromatic carbocycles. The molecule has 1 aliphatic carbocycles. The van der Waals surface area contributed by atoms with Crippen molar-refractivity contribution < 1.29 is 9.21 Å². The Kier molecular flexibility index (Phi) is 4.87. The third-order valence-corrected chi connectivity index (χ3v) is 4.77. The van der Waals surface area contributed by atoms with Crippen LogP contribution in [-0.4, -0.2) is 28.7 Å². The molecule has 0 bridgehead atoms. The molecule has 0 radical (unpaired) electrons. The van der Waals surface area contributed by atoms with E-state index in [0.29, 0.717) is 23.7 Å². The van der Waals surface area contributed by atoms with E-state index in [1.165, 1.54) is 19.3 Å². The molecule has 2 atom stereocenters. The molecule has 1 fully saturated rings. The zero-order chi connectivity index (χ0) is 13.0. The van der Waals surface area contributed by atoms with Gasteiger partial charge in [0.05, 0.1) is 6.26 Å². The minimum atomic E-state index is 0.211. The van der Waals surface area contributed by atoms with E-state index in [0.717, 1.165) is 12.2 Å². The zero-order valence-electron chi connectivity index (χ0n) is 10.8. The third-order valence-electron chi connectivity index (χ3n) is 3.70. The first-order valence-corrected chi connectivity index (χ1v) is 7.52. The van der Waals surface area contributed by atoms with Gasteiger partial charge < -0.3 is 9.32 Å². The van der Waals surface area contributed by atoms with Gasteiger partial charge in [0, 0.05) is 30.8 Å². The van der Waals surface area contributed by atoms with Crippen molar-refractivity contribution in [2.75, 3.05) is 7.05 Å². The van der Waals surface area contributed by atoms with Crippen LogP contribution in [0.25, 0.3) is 0 Å². The summed E-state index contributed by atoms with van der Waals surface area (Å²) in [5, 5.41) is 0. The molecule has 1 aromatic rings. The van der Waals surface area contributed by atoms with Gasteiger partial charge in [-0.3, -0.25) is 4.79 Å². The van der Waals surface area contributed by atoms with Crippen LogP contribution < -0.4 is 0 Å². The number of halogens is 1. The fraction of sp³-hybridized carbons (Fsp3) is 0.643. The molecule has 2 rings (SSSR count). The average Bonchev–Trinajstić information content (AvgIpc) is 2.89. The van der Waals surface area contributed by atoms with Crippen molar-refractivity contribution in [3.05, 3.63) is 24.2 Å². The number of alkyl halides is 1. The topological polar surface area (TPSA) is 33.5 Å². The molecule has 0 N–H and O–H groups in total. The van der Waals surface area contributed by atoms with Crippen molar-refractivity contribution in [1.82, 2.24) is 4.90 Å². The Morgan fingerprint density at radius 1 is 1.50 bits per heavy atom. The van der Waals surface area contributed by atoms with Crippen LogP contribution in [0.2, 0.25) is 0 Å². The number of hydrogen-bond donors (Lipinski definition) is 0. The second-order valence-electron chi connectivity index (χ2n) is 4.95. The zero-order valence-corrected chi connectivity index (χ0v) is 12.4. The Bertz CT molecular complexity index is 377. The summed E-state index contributed by atoms with van der Waals surface area (Å²) in [7, 11) is 1.93. The van der Waals surface area contributed by atoms with Crippen molar-refractivity contribution in [3.8, 4) is 0 Å². The first-order valence-electron chi connectivity index (χ1n) is 6.60. The Balaban J connectivity index is 1.84. The minimum absolute atomic E-state index is 0.211. The molecular formula is C14H20BrNO2. The fourth-order valence-electron chi connectivity index (χ4n) is 2.55. The molecule has 0 saturated heterocycles. The molecule has 1 aromatic heterocycles. The predicted octanol–water partition coefficient (Wildman–Crippen LogP) is 3.38. The molecular weight excluding hydrogens is 294 g/mol. The normalized spacial score (nSPS) is 23.9. The lowest BCUT2D eigenvalue weighted by molar-refractivity contribution is -0.132. The highest BCUT2D eigenvalue weighted by Gasteiger charge is 2.28. The Labute approximate surface area is 117 Å². The predicted molar refractivity (Wildman–Crippen MR) is 74.8 cm³/mol. The highest BCUT2D eigenvalue weighted by atomic mass is 79.9. The lowest BCUT2D eigenvalue weighted by Gasteiger charge is -2.35. The monoisotopic (exact) mass is 313 g/mol. The summed E-state index contributed by atoms with van der Waals surface area (Å²) < 4.78 is 5.25. The smallest absolute Gasteiger partial charge is 0.223 e. The van der Waals surface area contributed by atoms with Gasteiger partial charge in [0.25, 0.3) is 0 Å². The molecule has 0 spiro atoms. The number of amides is 1. The summed E-state index contributed by atoms with van der Waals surface area (Å²) in [5.41, 5.74) is 0. The van der Waals surface area contributed by atoms with Gasteiger partial charge in [-0.25, -0.2) is 0 Å². The van der Waals surface area contributed by atoms with Crippen molar-refractivity contribution >= 4 is 21.8 Å². The summed E-state index contributed by atoms with van der Waals surface area (Å²) in [5.74, 6) is 1.10. The van der Waals surface area contributed by atoms with E-state index >= 15 is 0 Å². The third kappa shape index (κ3) is 3.37. The highest BCUT2D eigenvalue weighted by molar-refractivity contribution is 9.09. The van der Waals surface area contributed by atoms with Gasteiger partial charge >= 0.3 is 0 Å². The summed E-state index contributed by atoms with van der Waals surface area (Å²) in [6.45, 7) is 0. The van der Waals surface area contributed by atoms with E-state index in [1.54, 1.807) is 6.26 Å². The van der Waals surface area contributed by atoms with Crippen molar-refractivity contribution in [3.63, 3.8) is 0 Å². The molecule has 0 aliphatic heterocycles. The van der Waals surface area contributed by atoms with E-state index < -0.39 is 0 Å². The van der Waals surface area contributed by atoms with Crippen molar-refractivity contribution in [2.24, 2.45) is 0 Å². The van der Waals surface area contributed by atoms with Crippen molar-refractivity contribution in [2.45, 2.75) is 49.4 Å². The molecule has 3 nitrogen and oxygen atoms in total. The number of furan rings is 1. The molecule has 18 heavy (non-hydrogen) atoms. The lowest BCUT2D eigenvalue weighted by Crippen LogP contribution is -2.44. The number of aryl methyl sites for hydroxylation is 1. The molecule has 1 amide bonds. The molecule has 1 saturated carbocycles. The van der Waals surface area contributed by atoms with Crippen LogP contribution in [-0.2, 0) is 11.2 Å². The summed E-state index contributed by atoms with van der Waals surface area (Å²) >= 11 is 3.70. The van der Waals surface area contributed by atoms with Crippen LogP contribution in [0.1, 0.15) is 37.9 Å². The maximum absolute atomic E-state index is 12.1. The van der Waals surface area contributed by atoms with Crippen LogP contribution in [0.3, 0.4) is 0 Å². The first kappa shape index (κ1) is 13.7. The van der Waals surface area contributed by atoms with E-state index in [2.05, 4.69) is 15.9 Å². The van der Waals surface area contributed by atoms with Gasteiger partial charge in [-0.15, -0.1) is 0 Å². The number of carbonyl (C=O) groups is 1. The summed E-state index contributed by atoms with van der Waals surface area (Å²) in [6.07, 6.45) is 7.64. The van der Waals surface area contributed by atoms with Crippen LogP contribution >= 0.6 is 15.9 Å². The second kappa shape index (κ2) is 6.41. The summed E-state index contributed by atoms with van der Waals surface area (Å²) in [4.78, 5) is 14.5. The van der Waals surface area contributed by atoms with Crippen LogP contribution in [0.4, 0.5) is 0 Å². The quantitative estimate of drug-likeness (QED) is 0.798. The van der Waals surface area contributed by atoms with E-state index in [1.807, 2.05) is 24.1 Å². The number of rotatable bonds is 4. The Hall–Kier alpha value is -0.770. The minimum Gasteiger partial charge on any atom is -0.469 e. The molecule has 100 valence electrons. The molecule has 4 heteroatoms.